The van der Waals surface area contributed by atoms with Gasteiger partial charge in [0.15, 0.2) is 12.5 Å². The number of benzene rings is 2. The van der Waals surface area contributed by atoms with Gasteiger partial charge in [0.25, 0.3) is 0 Å². The number of azide groups is 1. The molecule has 0 heterocycles. The van der Waals surface area contributed by atoms with Gasteiger partial charge in [0.2, 0.25) is 0 Å². The molecular weight excluding hydrogens is 522 g/mol. The number of nitrogens with zero attached hydrogens (tertiary/aromatic N) is 3. The molecule has 2 rings (SSSR count). The first-order valence-electron chi connectivity index (χ1n) is 13.1. The second-order valence-corrected chi connectivity index (χ2v) is 7.57. The van der Waals surface area contributed by atoms with Crippen LogP contribution in [0.5, 0.6) is 11.5 Å². The molecule has 0 fully saturated rings. The van der Waals surface area contributed by atoms with Crippen molar-refractivity contribution >= 4 is 11.9 Å². The van der Waals surface area contributed by atoms with Crippen LogP contribution in [-0.4, -0.2) is 70.7 Å². The molecule has 0 radical (unpaired) electrons. The Hall–Kier alpha value is -3.83. The highest BCUT2D eigenvalue weighted by molar-refractivity contribution is 5.90. The van der Waals surface area contributed by atoms with Crippen LogP contribution in [0.15, 0.2) is 53.6 Å². The third-order valence-electron chi connectivity index (χ3n) is 4.71. The molecular formula is C28H39N3O9. The maximum absolute atomic E-state index is 11.6. The number of hydrogen-bond acceptors (Lipinski definition) is 10. The highest BCUT2D eigenvalue weighted by atomic mass is 16.7. The number of rotatable bonds is 17. The second-order valence-electron chi connectivity index (χ2n) is 7.57. The molecule has 0 aromatic heterocycles. The maximum Gasteiger partial charge on any atom is 0.338 e. The Balaban J connectivity index is 0.000000400. The van der Waals surface area contributed by atoms with Gasteiger partial charge in [0.05, 0.1) is 24.3 Å². The summed E-state index contributed by atoms with van der Waals surface area (Å²) in [5.74, 6) is 0.298. The summed E-state index contributed by atoms with van der Waals surface area (Å²) in [5.41, 5.74) is 9.27. The monoisotopic (exact) mass is 561 g/mol. The SMILES string of the molecule is CCOC(=O)c1cccc(OCC(N=[N+]=[N-])OCC)c1.CCOC(=O)c1cccc(OCC(OCC)OCC)c1. The average molecular weight is 562 g/mol. The van der Waals surface area contributed by atoms with Gasteiger partial charge in [-0.05, 0) is 76.5 Å². The summed E-state index contributed by atoms with van der Waals surface area (Å²) < 4.78 is 36.8. The lowest BCUT2D eigenvalue weighted by molar-refractivity contribution is -0.152. The van der Waals surface area contributed by atoms with Crippen molar-refractivity contribution < 1.29 is 42.7 Å². The lowest BCUT2D eigenvalue weighted by atomic mass is 10.2. The van der Waals surface area contributed by atoms with Gasteiger partial charge in [-0.3, -0.25) is 0 Å². The number of esters is 2. The van der Waals surface area contributed by atoms with Gasteiger partial charge in [-0.15, -0.1) is 0 Å². The summed E-state index contributed by atoms with van der Waals surface area (Å²) in [6.07, 6.45) is -1.10. The van der Waals surface area contributed by atoms with Crippen LogP contribution in [0.25, 0.3) is 10.4 Å². The zero-order valence-electron chi connectivity index (χ0n) is 23.7. The van der Waals surface area contributed by atoms with E-state index in [-0.39, 0.29) is 19.2 Å². The van der Waals surface area contributed by atoms with E-state index >= 15 is 0 Å². The first-order valence-corrected chi connectivity index (χ1v) is 13.1. The number of hydrogen-bond donors (Lipinski definition) is 0. The Morgan fingerprint density at radius 2 is 1.20 bits per heavy atom. The van der Waals surface area contributed by atoms with E-state index in [0.717, 1.165) is 0 Å². The molecule has 0 aliphatic rings. The molecule has 1 atom stereocenters. The topological polar surface area (TPSA) is 148 Å². The summed E-state index contributed by atoms with van der Waals surface area (Å²) in [7, 11) is 0. The smallest absolute Gasteiger partial charge is 0.338 e. The summed E-state index contributed by atoms with van der Waals surface area (Å²) >= 11 is 0. The average Bonchev–Trinajstić information content (AvgIpc) is 2.96. The van der Waals surface area contributed by atoms with Gasteiger partial charge < -0.3 is 33.2 Å². The second kappa shape index (κ2) is 21.0. The molecule has 0 saturated heterocycles. The van der Waals surface area contributed by atoms with Crippen molar-refractivity contribution in [3.63, 3.8) is 0 Å². The Morgan fingerprint density at radius 1 is 0.725 bits per heavy atom. The molecule has 0 aliphatic carbocycles. The number of ether oxygens (including phenoxy) is 7. The van der Waals surface area contributed by atoms with Gasteiger partial charge in [-0.25, -0.2) is 9.59 Å². The fourth-order valence-electron chi connectivity index (χ4n) is 3.07. The van der Waals surface area contributed by atoms with Crippen molar-refractivity contribution in [3.8, 4) is 11.5 Å². The third kappa shape index (κ3) is 13.8. The van der Waals surface area contributed by atoms with Crippen LogP contribution in [0.3, 0.4) is 0 Å². The van der Waals surface area contributed by atoms with E-state index in [0.29, 0.717) is 55.7 Å². The van der Waals surface area contributed by atoms with E-state index in [4.69, 9.17) is 38.7 Å². The van der Waals surface area contributed by atoms with Crippen LogP contribution in [0.4, 0.5) is 0 Å². The van der Waals surface area contributed by atoms with E-state index in [9.17, 15) is 9.59 Å². The molecule has 12 heteroatoms. The molecule has 2 aromatic carbocycles. The highest BCUT2D eigenvalue weighted by Gasteiger charge is 2.12. The van der Waals surface area contributed by atoms with Crippen LogP contribution in [0, 0.1) is 0 Å². The Kier molecular flexibility index (Phi) is 18.0. The molecule has 0 N–H and O–H groups in total. The molecule has 0 amide bonds. The summed E-state index contributed by atoms with van der Waals surface area (Å²) in [6.45, 7) is 11.6. The molecule has 1 unspecified atom stereocenters. The molecule has 0 spiro atoms. The van der Waals surface area contributed by atoms with Crippen molar-refractivity contribution in [3.05, 3.63) is 70.1 Å². The van der Waals surface area contributed by atoms with Crippen molar-refractivity contribution in [1.82, 2.24) is 0 Å². The Bertz CT molecular complexity index is 1050. The molecule has 12 nitrogen and oxygen atoms in total. The molecule has 220 valence electrons. The molecule has 2 aromatic rings. The quantitative estimate of drug-likeness (QED) is 0.0796. The standard InChI is InChI=1S/C15H22O5.C13H17N3O4/c1-4-17-14(18-5-2)11-20-13-9-7-8-12(10-13)15(16)19-6-3;1-3-18-12(15-16-14)9-20-11-7-5-6-10(8-11)13(17)19-4-2/h7-10,14H,4-6,11H2,1-3H3;5-8,12H,3-4,9H2,1-2H3. The highest BCUT2D eigenvalue weighted by Crippen LogP contribution is 2.16. The van der Waals surface area contributed by atoms with Crippen molar-refractivity contribution in [2.75, 3.05) is 46.2 Å². The summed E-state index contributed by atoms with van der Waals surface area (Å²) in [5, 5.41) is 3.46. The van der Waals surface area contributed by atoms with Gasteiger partial charge in [-0.2, -0.15) is 0 Å². The molecule has 0 saturated carbocycles. The Labute approximate surface area is 235 Å². The first kappa shape index (κ1) is 34.2. The van der Waals surface area contributed by atoms with Gasteiger partial charge in [-0.1, -0.05) is 17.2 Å². The maximum atomic E-state index is 11.6. The van der Waals surface area contributed by atoms with E-state index < -0.39 is 18.5 Å². The minimum Gasteiger partial charge on any atom is -0.491 e. The van der Waals surface area contributed by atoms with E-state index in [1.54, 1.807) is 69.3 Å². The fraction of sp³-hybridized carbons (Fsp3) is 0.500. The van der Waals surface area contributed by atoms with Crippen molar-refractivity contribution in [2.45, 2.75) is 47.1 Å². The number of carbonyl (C=O) groups is 2. The van der Waals surface area contributed by atoms with Crippen LogP contribution >= 0.6 is 0 Å². The van der Waals surface area contributed by atoms with E-state index in [1.165, 1.54) is 0 Å². The first-order chi connectivity index (χ1) is 19.4. The van der Waals surface area contributed by atoms with E-state index in [2.05, 4.69) is 10.0 Å². The molecule has 40 heavy (non-hydrogen) atoms. The molecule has 0 aliphatic heterocycles. The van der Waals surface area contributed by atoms with Gasteiger partial charge in [0, 0.05) is 24.7 Å². The predicted octanol–water partition coefficient (Wildman–Crippen LogP) is 5.56. The lowest BCUT2D eigenvalue weighted by Gasteiger charge is -2.17. The summed E-state index contributed by atoms with van der Waals surface area (Å²) in [6, 6.07) is 13.4. The Morgan fingerprint density at radius 3 is 1.62 bits per heavy atom. The number of carbonyl (C=O) groups excluding carboxylic acids is 2. The van der Waals surface area contributed by atoms with Crippen LogP contribution in [0.1, 0.15) is 55.3 Å². The normalized spacial score (nSPS) is 10.9. The zero-order valence-corrected chi connectivity index (χ0v) is 23.7. The summed E-state index contributed by atoms with van der Waals surface area (Å²) in [4.78, 5) is 25.9. The minimum atomic E-state index is -0.698. The predicted molar refractivity (Wildman–Crippen MR) is 147 cm³/mol. The van der Waals surface area contributed by atoms with Crippen LogP contribution in [-0.2, 0) is 23.7 Å². The zero-order chi connectivity index (χ0) is 29.6. The largest absolute Gasteiger partial charge is 0.491 e. The van der Waals surface area contributed by atoms with E-state index in [1.807, 2.05) is 13.8 Å². The fourth-order valence-corrected chi connectivity index (χ4v) is 3.07. The molecule has 0 bridgehead atoms. The van der Waals surface area contributed by atoms with Gasteiger partial charge >= 0.3 is 11.9 Å². The van der Waals surface area contributed by atoms with Gasteiger partial charge in [0.1, 0.15) is 24.7 Å². The van der Waals surface area contributed by atoms with Crippen LogP contribution in [0.2, 0.25) is 0 Å². The third-order valence-corrected chi connectivity index (χ3v) is 4.71. The van der Waals surface area contributed by atoms with Crippen molar-refractivity contribution in [1.29, 1.82) is 0 Å². The lowest BCUT2D eigenvalue weighted by Crippen LogP contribution is -2.25. The van der Waals surface area contributed by atoms with Crippen LogP contribution < -0.4 is 9.47 Å². The minimum absolute atomic E-state index is 0.0736. The van der Waals surface area contributed by atoms with Crippen molar-refractivity contribution in [2.24, 2.45) is 5.11 Å².